The molecular formula is C17H33N3O2. The molecule has 1 atom stereocenters. The fourth-order valence-corrected chi connectivity index (χ4v) is 3.00. The van der Waals surface area contributed by atoms with E-state index in [1.807, 2.05) is 25.7 Å². The number of nitrogens with one attached hydrogen (secondary N) is 1. The van der Waals surface area contributed by atoms with Gasteiger partial charge in [0.15, 0.2) is 0 Å². The lowest BCUT2D eigenvalue weighted by Crippen LogP contribution is -2.50. The Morgan fingerprint density at radius 2 is 2.00 bits per heavy atom. The molecule has 0 radical (unpaired) electrons. The van der Waals surface area contributed by atoms with E-state index in [1.165, 1.54) is 19.3 Å². The quantitative estimate of drug-likeness (QED) is 0.765. The molecule has 1 amide bonds. The summed E-state index contributed by atoms with van der Waals surface area (Å²) in [7, 11) is 2.20. The Morgan fingerprint density at radius 3 is 2.64 bits per heavy atom. The molecule has 1 unspecified atom stereocenters. The molecule has 0 aromatic rings. The number of likely N-dealkylation sites (tertiary alicyclic amines) is 1. The highest BCUT2D eigenvalue weighted by atomic mass is 16.6. The van der Waals surface area contributed by atoms with E-state index in [-0.39, 0.29) is 12.1 Å². The van der Waals surface area contributed by atoms with Gasteiger partial charge in [-0.05, 0) is 59.9 Å². The molecule has 1 heterocycles. The van der Waals surface area contributed by atoms with Gasteiger partial charge in [-0.15, -0.1) is 0 Å². The minimum Gasteiger partial charge on any atom is -0.444 e. The van der Waals surface area contributed by atoms with Crippen molar-refractivity contribution in [3.8, 4) is 0 Å². The number of nitrogens with zero attached hydrogens (tertiary/aromatic N) is 2. The largest absolute Gasteiger partial charge is 0.444 e. The van der Waals surface area contributed by atoms with Gasteiger partial charge in [-0.1, -0.05) is 0 Å². The summed E-state index contributed by atoms with van der Waals surface area (Å²) >= 11 is 0. The van der Waals surface area contributed by atoms with Gasteiger partial charge in [0.2, 0.25) is 0 Å². The number of amides is 1. The maximum absolute atomic E-state index is 12.3. The van der Waals surface area contributed by atoms with Crippen LogP contribution >= 0.6 is 0 Å². The molecule has 1 aliphatic heterocycles. The van der Waals surface area contributed by atoms with Crippen molar-refractivity contribution in [1.82, 2.24) is 15.1 Å². The SMILES string of the molecule is CN(CCNCC1CCCCN1C(=O)OC(C)(C)C)C1CC1. The molecule has 0 aromatic carbocycles. The second-order valence-electron chi connectivity index (χ2n) is 7.74. The average molecular weight is 311 g/mol. The Bertz CT molecular complexity index is 363. The first kappa shape index (κ1) is 17.5. The predicted octanol–water partition coefficient (Wildman–Crippen LogP) is 2.46. The fourth-order valence-electron chi connectivity index (χ4n) is 3.00. The maximum atomic E-state index is 12.3. The normalized spacial score (nSPS) is 23.0. The van der Waals surface area contributed by atoms with Gasteiger partial charge >= 0.3 is 6.09 Å². The lowest BCUT2D eigenvalue weighted by molar-refractivity contribution is 0.00994. The van der Waals surface area contributed by atoms with E-state index in [4.69, 9.17) is 4.74 Å². The predicted molar refractivity (Wildman–Crippen MR) is 89.1 cm³/mol. The lowest BCUT2D eigenvalue weighted by Gasteiger charge is -2.37. The van der Waals surface area contributed by atoms with Crippen LogP contribution in [0.3, 0.4) is 0 Å². The molecule has 2 rings (SSSR count). The molecule has 128 valence electrons. The van der Waals surface area contributed by atoms with Crippen LogP contribution < -0.4 is 5.32 Å². The van der Waals surface area contributed by atoms with Crippen LogP contribution in [-0.4, -0.2) is 66.8 Å². The second kappa shape index (κ2) is 7.64. The van der Waals surface area contributed by atoms with Crippen LogP contribution in [0.2, 0.25) is 0 Å². The number of ether oxygens (including phenoxy) is 1. The van der Waals surface area contributed by atoms with Gasteiger partial charge < -0.3 is 19.9 Å². The van der Waals surface area contributed by atoms with Crippen molar-refractivity contribution in [2.45, 2.75) is 70.6 Å². The Morgan fingerprint density at radius 1 is 1.27 bits per heavy atom. The van der Waals surface area contributed by atoms with E-state index < -0.39 is 5.60 Å². The molecule has 1 aliphatic carbocycles. The van der Waals surface area contributed by atoms with Crippen LogP contribution in [0.4, 0.5) is 4.79 Å². The standard InChI is InChI=1S/C17H33N3O2/c1-17(2,3)22-16(21)20-11-6-5-7-15(20)13-18-10-12-19(4)14-8-9-14/h14-15,18H,5-13H2,1-4H3. The van der Waals surface area contributed by atoms with Gasteiger partial charge in [-0.2, -0.15) is 0 Å². The van der Waals surface area contributed by atoms with Crippen molar-refractivity contribution in [3.05, 3.63) is 0 Å². The van der Waals surface area contributed by atoms with Gasteiger partial charge in [-0.3, -0.25) is 0 Å². The van der Waals surface area contributed by atoms with E-state index in [9.17, 15) is 4.79 Å². The highest BCUT2D eigenvalue weighted by Gasteiger charge is 2.30. The maximum Gasteiger partial charge on any atom is 0.410 e. The summed E-state index contributed by atoms with van der Waals surface area (Å²) in [6.45, 7) is 9.55. The molecule has 5 nitrogen and oxygen atoms in total. The van der Waals surface area contributed by atoms with E-state index in [0.717, 1.165) is 45.1 Å². The molecular weight excluding hydrogens is 278 g/mol. The van der Waals surface area contributed by atoms with Crippen LogP contribution in [0.1, 0.15) is 52.9 Å². The Balaban J connectivity index is 1.72. The highest BCUT2D eigenvalue weighted by Crippen LogP contribution is 2.24. The molecule has 1 N–H and O–H groups in total. The summed E-state index contributed by atoms with van der Waals surface area (Å²) < 4.78 is 5.54. The van der Waals surface area contributed by atoms with Gasteiger partial charge in [0.25, 0.3) is 0 Å². The highest BCUT2D eigenvalue weighted by molar-refractivity contribution is 5.68. The van der Waals surface area contributed by atoms with Crippen molar-refractivity contribution < 1.29 is 9.53 Å². The molecule has 5 heteroatoms. The van der Waals surface area contributed by atoms with Crippen molar-refractivity contribution in [1.29, 1.82) is 0 Å². The molecule has 0 spiro atoms. The fraction of sp³-hybridized carbons (Fsp3) is 0.941. The number of rotatable bonds is 6. The zero-order valence-electron chi connectivity index (χ0n) is 14.7. The van der Waals surface area contributed by atoms with Gasteiger partial charge in [0.1, 0.15) is 5.60 Å². The Hall–Kier alpha value is -0.810. The zero-order chi connectivity index (χ0) is 16.2. The Labute approximate surface area is 135 Å². The summed E-state index contributed by atoms with van der Waals surface area (Å²) in [5.41, 5.74) is -0.417. The molecule has 2 fully saturated rings. The van der Waals surface area contributed by atoms with Crippen LogP contribution in [0.5, 0.6) is 0 Å². The van der Waals surface area contributed by atoms with Gasteiger partial charge in [-0.25, -0.2) is 4.79 Å². The minimum absolute atomic E-state index is 0.158. The van der Waals surface area contributed by atoms with E-state index in [2.05, 4.69) is 17.3 Å². The first-order valence-corrected chi connectivity index (χ1v) is 8.77. The van der Waals surface area contributed by atoms with Gasteiger partial charge in [0.05, 0.1) is 0 Å². The van der Waals surface area contributed by atoms with E-state index in [0.29, 0.717) is 0 Å². The number of likely N-dealkylation sites (N-methyl/N-ethyl adjacent to an activating group) is 1. The lowest BCUT2D eigenvalue weighted by atomic mass is 10.0. The number of carbonyl (C=O) groups is 1. The number of hydrogen-bond acceptors (Lipinski definition) is 4. The summed E-state index contributed by atoms with van der Waals surface area (Å²) in [5, 5.41) is 3.53. The average Bonchev–Trinajstić information content (AvgIpc) is 3.26. The van der Waals surface area contributed by atoms with Gasteiger partial charge in [0, 0.05) is 38.3 Å². The second-order valence-corrected chi connectivity index (χ2v) is 7.74. The number of carbonyl (C=O) groups excluding carboxylic acids is 1. The molecule has 2 aliphatic rings. The molecule has 1 saturated carbocycles. The van der Waals surface area contributed by atoms with Crippen LogP contribution in [0, 0.1) is 0 Å². The summed E-state index contributed by atoms with van der Waals surface area (Å²) in [6, 6.07) is 1.09. The molecule has 0 aromatic heterocycles. The molecule has 22 heavy (non-hydrogen) atoms. The summed E-state index contributed by atoms with van der Waals surface area (Å²) in [4.78, 5) is 16.7. The first-order valence-electron chi connectivity index (χ1n) is 8.77. The van der Waals surface area contributed by atoms with Crippen LogP contribution in [0.25, 0.3) is 0 Å². The number of piperidine rings is 1. The third-order valence-electron chi connectivity index (χ3n) is 4.45. The third-order valence-corrected chi connectivity index (χ3v) is 4.45. The monoisotopic (exact) mass is 311 g/mol. The van der Waals surface area contributed by atoms with Crippen molar-refractivity contribution in [2.75, 3.05) is 33.2 Å². The minimum atomic E-state index is -0.417. The van der Waals surface area contributed by atoms with E-state index in [1.54, 1.807) is 0 Å². The number of hydrogen-bond donors (Lipinski definition) is 1. The first-order chi connectivity index (χ1) is 10.4. The smallest absolute Gasteiger partial charge is 0.410 e. The van der Waals surface area contributed by atoms with Crippen molar-refractivity contribution in [3.63, 3.8) is 0 Å². The van der Waals surface area contributed by atoms with Crippen LogP contribution in [0.15, 0.2) is 0 Å². The molecule has 1 saturated heterocycles. The zero-order valence-corrected chi connectivity index (χ0v) is 14.7. The van der Waals surface area contributed by atoms with E-state index >= 15 is 0 Å². The Kier molecular flexibility index (Phi) is 6.09. The van der Waals surface area contributed by atoms with Crippen molar-refractivity contribution >= 4 is 6.09 Å². The topological polar surface area (TPSA) is 44.8 Å². The summed E-state index contributed by atoms with van der Waals surface area (Å²) in [6.07, 6.45) is 5.91. The van der Waals surface area contributed by atoms with Crippen molar-refractivity contribution in [2.24, 2.45) is 0 Å². The summed E-state index contributed by atoms with van der Waals surface area (Å²) in [5.74, 6) is 0. The molecule has 0 bridgehead atoms. The third kappa shape index (κ3) is 5.76. The van der Waals surface area contributed by atoms with Crippen LogP contribution in [-0.2, 0) is 4.74 Å².